The average Bonchev–Trinajstić information content (AvgIpc) is 3.22. The van der Waals surface area contributed by atoms with Gasteiger partial charge in [0, 0.05) is 11.3 Å². The lowest BCUT2D eigenvalue weighted by Crippen LogP contribution is -2.01. The number of rotatable bonds is 5. The van der Waals surface area contributed by atoms with Crippen molar-refractivity contribution in [1.29, 1.82) is 0 Å². The van der Waals surface area contributed by atoms with Gasteiger partial charge in [0.15, 0.2) is 0 Å². The van der Waals surface area contributed by atoms with E-state index in [1.54, 1.807) is 25.5 Å². The van der Waals surface area contributed by atoms with Gasteiger partial charge in [-0.25, -0.2) is 9.78 Å². The third-order valence-electron chi connectivity index (χ3n) is 3.41. The second kappa shape index (κ2) is 6.39. The maximum absolute atomic E-state index is 11.6. The number of anilines is 1. The van der Waals surface area contributed by atoms with Crippen LogP contribution in [0.25, 0.3) is 11.5 Å². The molecule has 0 aliphatic carbocycles. The second-order valence-electron chi connectivity index (χ2n) is 4.94. The number of aryl methyl sites for hydroxylation is 1. The smallest absolute Gasteiger partial charge is 0.341 e. The molecule has 0 saturated heterocycles. The quantitative estimate of drug-likeness (QED) is 0.725. The first-order chi connectivity index (χ1) is 11.2. The predicted molar refractivity (Wildman–Crippen MR) is 84.1 cm³/mol. The first-order valence-corrected chi connectivity index (χ1v) is 7.09. The van der Waals surface area contributed by atoms with Crippen LogP contribution in [-0.2, 0) is 11.3 Å². The van der Waals surface area contributed by atoms with E-state index in [1.165, 1.54) is 7.11 Å². The molecule has 6 nitrogen and oxygen atoms in total. The van der Waals surface area contributed by atoms with Crippen molar-refractivity contribution in [3.8, 4) is 11.5 Å². The summed E-state index contributed by atoms with van der Waals surface area (Å²) in [5.74, 6) is 1.40. The van der Waals surface area contributed by atoms with Crippen molar-refractivity contribution in [3.63, 3.8) is 0 Å². The van der Waals surface area contributed by atoms with Crippen molar-refractivity contribution in [1.82, 2.24) is 4.98 Å². The molecule has 0 amide bonds. The molecule has 3 aromatic rings. The molecule has 1 aromatic carbocycles. The van der Waals surface area contributed by atoms with Crippen molar-refractivity contribution in [2.75, 3.05) is 12.4 Å². The van der Waals surface area contributed by atoms with Crippen molar-refractivity contribution >= 4 is 11.7 Å². The van der Waals surface area contributed by atoms with Crippen LogP contribution in [0.1, 0.15) is 21.9 Å². The first-order valence-electron chi connectivity index (χ1n) is 7.09. The number of oxazole rings is 1. The van der Waals surface area contributed by atoms with Gasteiger partial charge < -0.3 is 18.9 Å². The number of carbonyl (C=O) groups excluding carboxylic acids is 1. The standard InChI is InChI=1S/C17H16N2O4/c1-11-15(17(20)21-2)9-14(23-11)10-19-13-5-3-12(4-6-13)16-18-7-8-22-16/h3-9,19H,10H2,1-2H3. The number of hydrogen-bond donors (Lipinski definition) is 1. The monoisotopic (exact) mass is 312 g/mol. The van der Waals surface area contributed by atoms with Gasteiger partial charge in [0.05, 0.1) is 19.9 Å². The highest BCUT2D eigenvalue weighted by atomic mass is 16.5. The largest absolute Gasteiger partial charge is 0.465 e. The van der Waals surface area contributed by atoms with E-state index in [1.807, 2.05) is 24.3 Å². The Morgan fingerprint density at radius 1 is 1.30 bits per heavy atom. The van der Waals surface area contributed by atoms with Crippen LogP contribution >= 0.6 is 0 Å². The lowest BCUT2D eigenvalue weighted by Gasteiger charge is -2.04. The van der Waals surface area contributed by atoms with Gasteiger partial charge in [-0.1, -0.05) is 0 Å². The van der Waals surface area contributed by atoms with Crippen LogP contribution in [0, 0.1) is 6.92 Å². The highest BCUT2D eigenvalue weighted by Crippen LogP contribution is 2.21. The van der Waals surface area contributed by atoms with Gasteiger partial charge in [0.25, 0.3) is 0 Å². The molecule has 2 heterocycles. The Bertz CT molecular complexity index is 789. The van der Waals surface area contributed by atoms with Crippen molar-refractivity contribution in [2.45, 2.75) is 13.5 Å². The minimum atomic E-state index is -0.396. The Balaban J connectivity index is 1.65. The summed E-state index contributed by atoms with van der Waals surface area (Å²) in [5.41, 5.74) is 2.28. The lowest BCUT2D eigenvalue weighted by molar-refractivity contribution is 0.0599. The van der Waals surface area contributed by atoms with Gasteiger partial charge in [-0.15, -0.1) is 0 Å². The van der Waals surface area contributed by atoms with Gasteiger partial charge in [0.1, 0.15) is 23.3 Å². The summed E-state index contributed by atoms with van der Waals surface area (Å²) >= 11 is 0. The molecule has 0 bridgehead atoms. The summed E-state index contributed by atoms with van der Waals surface area (Å²) in [4.78, 5) is 15.7. The predicted octanol–water partition coefficient (Wildman–Crippen LogP) is 3.64. The van der Waals surface area contributed by atoms with Crippen LogP contribution in [0.4, 0.5) is 5.69 Å². The normalized spacial score (nSPS) is 10.5. The van der Waals surface area contributed by atoms with Gasteiger partial charge in [0.2, 0.25) is 5.89 Å². The molecule has 0 spiro atoms. The Kier molecular flexibility index (Phi) is 4.14. The molecule has 2 aromatic heterocycles. The van der Waals surface area contributed by atoms with Gasteiger partial charge in [-0.05, 0) is 37.3 Å². The first kappa shape index (κ1) is 14.9. The van der Waals surface area contributed by atoms with Crippen molar-refractivity contribution in [3.05, 3.63) is 59.9 Å². The van der Waals surface area contributed by atoms with Crippen LogP contribution in [0.5, 0.6) is 0 Å². The Labute approximate surface area is 133 Å². The molecule has 118 valence electrons. The topological polar surface area (TPSA) is 77.5 Å². The zero-order valence-corrected chi connectivity index (χ0v) is 12.8. The highest BCUT2D eigenvalue weighted by molar-refractivity contribution is 5.90. The molecule has 6 heteroatoms. The summed E-state index contributed by atoms with van der Waals surface area (Å²) in [7, 11) is 1.35. The molecule has 3 rings (SSSR count). The SMILES string of the molecule is COC(=O)c1cc(CNc2ccc(-c3ncco3)cc2)oc1C. The number of nitrogens with one attached hydrogen (secondary N) is 1. The van der Waals surface area contributed by atoms with Crippen LogP contribution in [-0.4, -0.2) is 18.1 Å². The second-order valence-corrected chi connectivity index (χ2v) is 4.94. The van der Waals surface area contributed by atoms with Gasteiger partial charge >= 0.3 is 5.97 Å². The molecular weight excluding hydrogens is 296 g/mol. The fourth-order valence-corrected chi connectivity index (χ4v) is 2.23. The molecule has 0 fully saturated rings. The number of nitrogens with zero attached hydrogens (tertiary/aromatic N) is 1. The molecular formula is C17H16N2O4. The van der Waals surface area contributed by atoms with Crippen LogP contribution in [0.15, 0.2) is 51.6 Å². The van der Waals surface area contributed by atoms with Gasteiger partial charge in [-0.2, -0.15) is 0 Å². The molecule has 0 unspecified atom stereocenters. The molecule has 0 aliphatic rings. The molecule has 23 heavy (non-hydrogen) atoms. The highest BCUT2D eigenvalue weighted by Gasteiger charge is 2.15. The van der Waals surface area contributed by atoms with E-state index in [4.69, 9.17) is 13.6 Å². The van der Waals surface area contributed by atoms with E-state index in [0.29, 0.717) is 29.5 Å². The van der Waals surface area contributed by atoms with E-state index in [2.05, 4.69) is 10.3 Å². The number of carbonyl (C=O) groups is 1. The number of furan rings is 1. The minimum Gasteiger partial charge on any atom is -0.465 e. The average molecular weight is 312 g/mol. The fraction of sp³-hybridized carbons (Fsp3) is 0.176. The number of esters is 1. The Morgan fingerprint density at radius 2 is 2.09 bits per heavy atom. The number of methoxy groups -OCH3 is 1. The molecule has 0 atom stereocenters. The molecule has 1 N–H and O–H groups in total. The number of benzene rings is 1. The summed E-state index contributed by atoms with van der Waals surface area (Å²) in [6.45, 7) is 2.21. The minimum absolute atomic E-state index is 0.396. The number of ether oxygens (including phenoxy) is 1. The number of hydrogen-bond acceptors (Lipinski definition) is 6. The van der Waals surface area contributed by atoms with Crippen molar-refractivity contribution < 1.29 is 18.4 Å². The molecule has 0 radical (unpaired) electrons. The zero-order chi connectivity index (χ0) is 16.2. The summed E-state index contributed by atoms with van der Waals surface area (Å²) < 4.78 is 15.5. The maximum atomic E-state index is 11.6. The van der Waals surface area contributed by atoms with E-state index < -0.39 is 5.97 Å². The molecule has 0 aliphatic heterocycles. The van der Waals surface area contributed by atoms with E-state index in [0.717, 1.165) is 11.3 Å². The summed E-state index contributed by atoms with van der Waals surface area (Å²) in [6.07, 6.45) is 3.15. The summed E-state index contributed by atoms with van der Waals surface area (Å²) in [5, 5.41) is 3.23. The van der Waals surface area contributed by atoms with Crippen LogP contribution < -0.4 is 5.32 Å². The zero-order valence-electron chi connectivity index (χ0n) is 12.8. The summed E-state index contributed by atoms with van der Waals surface area (Å²) in [6, 6.07) is 9.38. The number of aromatic nitrogens is 1. The van der Waals surface area contributed by atoms with Crippen LogP contribution in [0.3, 0.4) is 0 Å². The fourth-order valence-electron chi connectivity index (χ4n) is 2.23. The third-order valence-corrected chi connectivity index (χ3v) is 3.41. The Morgan fingerprint density at radius 3 is 2.74 bits per heavy atom. The van der Waals surface area contributed by atoms with Crippen molar-refractivity contribution in [2.24, 2.45) is 0 Å². The molecule has 0 saturated carbocycles. The van der Waals surface area contributed by atoms with E-state index >= 15 is 0 Å². The van der Waals surface area contributed by atoms with Crippen LogP contribution in [0.2, 0.25) is 0 Å². The van der Waals surface area contributed by atoms with E-state index in [-0.39, 0.29) is 0 Å². The van der Waals surface area contributed by atoms with E-state index in [9.17, 15) is 4.79 Å². The Hall–Kier alpha value is -3.02. The third kappa shape index (κ3) is 3.26. The maximum Gasteiger partial charge on any atom is 0.341 e. The lowest BCUT2D eigenvalue weighted by atomic mass is 10.2. The van der Waals surface area contributed by atoms with Gasteiger partial charge in [-0.3, -0.25) is 0 Å².